The Morgan fingerprint density at radius 1 is 1.14 bits per heavy atom. The van der Waals surface area contributed by atoms with E-state index < -0.39 is 16.1 Å². The van der Waals surface area contributed by atoms with Crippen LogP contribution in [0.15, 0.2) is 48.5 Å². The first kappa shape index (κ1) is 28.5. The van der Waals surface area contributed by atoms with Crippen molar-refractivity contribution in [2.45, 2.75) is 45.7 Å². The zero-order valence-corrected chi connectivity index (χ0v) is 22.2. The molecule has 1 atom stereocenters. The minimum absolute atomic E-state index is 0.0714. The molecule has 0 spiro atoms. The molecule has 0 aromatic heterocycles. The number of carbonyl (C=O) groups is 2. The van der Waals surface area contributed by atoms with Crippen molar-refractivity contribution in [1.29, 1.82) is 0 Å². The predicted octanol–water partition coefficient (Wildman–Crippen LogP) is 3.84. The molecule has 0 unspecified atom stereocenters. The molecule has 0 aliphatic carbocycles. The molecular formula is C25H34ClN3O5S. The molecular weight excluding hydrogens is 490 g/mol. The molecule has 0 aliphatic rings. The lowest BCUT2D eigenvalue weighted by Gasteiger charge is -2.29. The molecule has 0 heterocycles. The molecule has 0 fully saturated rings. The summed E-state index contributed by atoms with van der Waals surface area (Å²) >= 11 is 6.11. The second-order valence-corrected chi connectivity index (χ2v) is 10.6. The maximum Gasteiger partial charge on any atom is 0.242 e. The number of anilines is 1. The van der Waals surface area contributed by atoms with Crippen LogP contribution in [0.4, 0.5) is 5.69 Å². The van der Waals surface area contributed by atoms with Crippen LogP contribution in [0.25, 0.3) is 0 Å². The maximum absolute atomic E-state index is 13.2. The number of ether oxygens (including phenoxy) is 1. The Labute approximate surface area is 213 Å². The van der Waals surface area contributed by atoms with E-state index in [1.807, 2.05) is 13.0 Å². The van der Waals surface area contributed by atoms with Crippen molar-refractivity contribution < 1.29 is 22.7 Å². The van der Waals surface area contributed by atoms with Crippen LogP contribution in [0.1, 0.15) is 38.7 Å². The summed E-state index contributed by atoms with van der Waals surface area (Å²) in [5.41, 5.74) is 1.26. The number of nitrogens with zero attached hydrogens (tertiary/aromatic N) is 2. The van der Waals surface area contributed by atoms with Crippen molar-refractivity contribution in [3.63, 3.8) is 0 Å². The molecule has 2 amide bonds. The minimum atomic E-state index is -3.58. The van der Waals surface area contributed by atoms with E-state index in [4.69, 9.17) is 16.3 Å². The number of rotatable bonds is 13. The van der Waals surface area contributed by atoms with Gasteiger partial charge in [0.05, 0.1) is 19.1 Å². The molecule has 8 nitrogen and oxygen atoms in total. The summed E-state index contributed by atoms with van der Waals surface area (Å²) in [6.45, 7) is 4.49. The van der Waals surface area contributed by atoms with Gasteiger partial charge in [0, 0.05) is 37.1 Å². The number of amides is 2. The number of carbonyl (C=O) groups excluding carboxylic acids is 2. The molecule has 10 heteroatoms. The first-order valence-electron chi connectivity index (χ1n) is 11.5. The van der Waals surface area contributed by atoms with E-state index in [-0.39, 0.29) is 37.7 Å². The predicted molar refractivity (Wildman–Crippen MR) is 139 cm³/mol. The first-order valence-corrected chi connectivity index (χ1v) is 13.7. The van der Waals surface area contributed by atoms with Gasteiger partial charge in [0.2, 0.25) is 21.8 Å². The summed E-state index contributed by atoms with van der Waals surface area (Å²) in [4.78, 5) is 27.4. The third-order valence-corrected chi connectivity index (χ3v) is 6.88. The van der Waals surface area contributed by atoms with Crippen LogP contribution in [0, 0.1) is 0 Å². The second kappa shape index (κ2) is 13.3. The Morgan fingerprint density at radius 2 is 1.86 bits per heavy atom. The molecule has 1 N–H and O–H groups in total. The standard InChI is InChI=1S/C25H34ClN3O5S/c1-5-14-27-25(31)19(2)28(18-20-9-6-10-21(26)16-20)24(30)13-8-15-29(35(4,32)33)22-11-7-12-23(17-22)34-3/h6-7,9-12,16-17,19H,5,8,13-15,18H2,1-4H3,(H,27,31)/t19-/m0/s1. The number of hydrogen-bond acceptors (Lipinski definition) is 5. The Hall–Kier alpha value is -2.78. The summed E-state index contributed by atoms with van der Waals surface area (Å²) < 4.78 is 31.3. The van der Waals surface area contributed by atoms with Gasteiger partial charge in [-0.3, -0.25) is 13.9 Å². The summed E-state index contributed by atoms with van der Waals surface area (Å²) in [5.74, 6) is 0.0476. The van der Waals surface area contributed by atoms with Crippen molar-refractivity contribution in [1.82, 2.24) is 10.2 Å². The molecule has 35 heavy (non-hydrogen) atoms. The number of benzene rings is 2. The molecule has 2 rings (SSSR count). The van der Waals surface area contributed by atoms with Gasteiger partial charge in [0.25, 0.3) is 0 Å². The van der Waals surface area contributed by atoms with Gasteiger partial charge >= 0.3 is 0 Å². The van der Waals surface area contributed by atoms with Crippen LogP contribution in [0.5, 0.6) is 5.75 Å². The Kier molecular flexibility index (Phi) is 10.9. The molecule has 0 aliphatic heterocycles. The van der Waals surface area contributed by atoms with Crippen molar-refractivity contribution in [3.8, 4) is 5.75 Å². The Bertz CT molecular complexity index is 1110. The number of methoxy groups -OCH3 is 1. The van der Waals surface area contributed by atoms with Crippen molar-refractivity contribution in [2.75, 3.05) is 30.8 Å². The van der Waals surface area contributed by atoms with Crippen LogP contribution in [-0.2, 0) is 26.2 Å². The highest BCUT2D eigenvalue weighted by molar-refractivity contribution is 7.92. The highest BCUT2D eigenvalue weighted by Gasteiger charge is 2.26. The zero-order chi connectivity index (χ0) is 26.0. The Balaban J connectivity index is 2.16. The van der Waals surface area contributed by atoms with Crippen LogP contribution in [0.2, 0.25) is 5.02 Å². The highest BCUT2D eigenvalue weighted by atomic mass is 35.5. The summed E-state index contributed by atoms with van der Waals surface area (Å²) in [7, 11) is -2.07. The molecule has 0 radical (unpaired) electrons. The zero-order valence-electron chi connectivity index (χ0n) is 20.7. The van der Waals surface area contributed by atoms with Crippen molar-refractivity contribution >= 4 is 39.1 Å². The van der Waals surface area contributed by atoms with Gasteiger partial charge < -0.3 is 15.0 Å². The quantitative estimate of drug-likeness (QED) is 0.430. The fraction of sp³-hybridized carbons (Fsp3) is 0.440. The van der Waals surface area contributed by atoms with Crippen LogP contribution >= 0.6 is 11.6 Å². The third kappa shape index (κ3) is 8.74. The lowest BCUT2D eigenvalue weighted by atomic mass is 10.1. The minimum Gasteiger partial charge on any atom is -0.497 e. The first-order chi connectivity index (χ1) is 16.6. The molecule has 2 aromatic rings. The van der Waals surface area contributed by atoms with Gasteiger partial charge in [-0.1, -0.05) is 36.7 Å². The third-order valence-electron chi connectivity index (χ3n) is 5.45. The molecule has 2 aromatic carbocycles. The second-order valence-electron chi connectivity index (χ2n) is 8.26. The topological polar surface area (TPSA) is 96.0 Å². The van der Waals surface area contributed by atoms with E-state index in [1.165, 1.54) is 16.3 Å². The summed E-state index contributed by atoms with van der Waals surface area (Å²) in [6.07, 6.45) is 2.26. The van der Waals surface area contributed by atoms with Crippen LogP contribution in [-0.4, -0.2) is 57.6 Å². The van der Waals surface area contributed by atoms with Crippen molar-refractivity contribution in [3.05, 3.63) is 59.1 Å². The van der Waals surface area contributed by atoms with Gasteiger partial charge in [0.1, 0.15) is 11.8 Å². The average molecular weight is 524 g/mol. The molecule has 0 bridgehead atoms. The highest BCUT2D eigenvalue weighted by Crippen LogP contribution is 2.24. The maximum atomic E-state index is 13.2. The van der Waals surface area contributed by atoms with E-state index in [1.54, 1.807) is 49.4 Å². The molecule has 0 saturated carbocycles. The van der Waals surface area contributed by atoms with Crippen LogP contribution in [0.3, 0.4) is 0 Å². The van der Waals surface area contributed by atoms with Gasteiger partial charge in [-0.05, 0) is 49.6 Å². The fourth-order valence-corrected chi connectivity index (χ4v) is 4.75. The number of halogens is 1. The fourth-order valence-electron chi connectivity index (χ4n) is 3.58. The smallest absolute Gasteiger partial charge is 0.242 e. The Morgan fingerprint density at radius 3 is 2.49 bits per heavy atom. The van der Waals surface area contributed by atoms with Gasteiger partial charge in [-0.25, -0.2) is 8.42 Å². The molecule has 192 valence electrons. The van der Waals surface area contributed by atoms with Gasteiger partial charge in [0.15, 0.2) is 0 Å². The normalized spacial score (nSPS) is 12.0. The van der Waals surface area contributed by atoms with E-state index in [2.05, 4.69) is 5.32 Å². The number of sulfonamides is 1. The number of nitrogens with one attached hydrogen (secondary N) is 1. The SMILES string of the molecule is CCCNC(=O)[C@H](C)N(Cc1cccc(Cl)c1)C(=O)CCCN(c1cccc(OC)c1)S(C)(=O)=O. The lowest BCUT2D eigenvalue weighted by Crippen LogP contribution is -2.47. The average Bonchev–Trinajstić information content (AvgIpc) is 2.82. The van der Waals surface area contributed by atoms with Gasteiger partial charge in [-0.2, -0.15) is 0 Å². The monoisotopic (exact) mass is 523 g/mol. The van der Waals surface area contributed by atoms with E-state index in [0.717, 1.165) is 18.2 Å². The van der Waals surface area contributed by atoms with E-state index >= 15 is 0 Å². The number of hydrogen-bond donors (Lipinski definition) is 1. The van der Waals surface area contributed by atoms with E-state index in [0.29, 0.717) is 23.0 Å². The van der Waals surface area contributed by atoms with Crippen LogP contribution < -0.4 is 14.4 Å². The largest absolute Gasteiger partial charge is 0.497 e. The van der Waals surface area contributed by atoms with Gasteiger partial charge in [-0.15, -0.1) is 0 Å². The summed E-state index contributed by atoms with van der Waals surface area (Å²) in [6, 6.07) is 13.2. The lowest BCUT2D eigenvalue weighted by molar-refractivity contribution is -0.140. The summed E-state index contributed by atoms with van der Waals surface area (Å²) in [5, 5.41) is 3.37. The van der Waals surface area contributed by atoms with Crippen molar-refractivity contribution in [2.24, 2.45) is 0 Å². The molecule has 0 saturated heterocycles. The van der Waals surface area contributed by atoms with E-state index in [9.17, 15) is 18.0 Å².